The smallest absolute Gasteiger partial charge is 0.238 e. The maximum Gasteiger partial charge on any atom is 0.238 e. The first-order chi connectivity index (χ1) is 8.93. The van der Waals surface area contributed by atoms with E-state index in [1.807, 2.05) is 32.2 Å². The summed E-state index contributed by atoms with van der Waals surface area (Å²) in [6.07, 6.45) is 2.08. The predicted molar refractivity (Wildman–Crippen MR) is 88.0 cm³/mol. The van der Waals surface area contributed by atoms with E-state index in [0.29, 0.717) is 12.6 Å². The van der Waals surface area contributed by atoms with Gasteiger partial charge in [0.1, 0.15) is 0 Å². The van der Waals surface area contributed by atoms with E-state index in [-0.39, 0.29) is 5.91 Å². The van der Waals surface area contributed by atoms with E-state index < -0.39 is 0 Å². The molecular formula is C14H21BrN2OS. The van der Waals surface area contributed by atoms with Crippen molar-refractivity contribution in [1.82, 2.24) is 4.90 Å². The van der Waals surface area contributed by atoms with Crippen LogP contribution >= 0.6 is 27.7 Å². The lowest BCUT2D eigenvalue weighted by Crippen LogP contribution is -2.37. The van der Waals surface area contributed by atoms with Gasteiger partial charge in [0.05, 0.1) is 6.54 Å². The molecule has 0 aliphatic carbocycles. The standard InChI is InChI=1S/C14H21BrN2OS/c1-10-7-12(5-6-13(10)15)16-14(18)8-17(3)11(2)9-19-4/h5-7,11H,8-9H2,1-4H3,(H,16,18)/t11-/m1/s1. The van der Waals surface area contributed by atoms with Gasteiger partial charge >= 0.3 is 0 Å². The number of carbonyl (C=O) groups is 1. The van der Waals surface area contributed by atoms with Crippen LogP contribution in [0.4, 0.5) is 5.69 Å². The minimum atomic E-state index is 0.0252. The Kier molecular flexibility index (Phi) is 6.89. The van der Waals surface area contributed by atoms with Crippen LogP contribution in [0.2, 0.25) is 0 Å². The Morgan fingerprint density at radius 3 is 2.79 bits per heavy atom. The van der Waals surface area contributed by atoms with Crippen molar-refractivity contribution in [2.45, 2.75) is 19.9 Å². The Morgan fingerprint density at radius 1 is 1.53 bits per heavy atom. The molecule has 0 aromatic heterocycles. The third-order valence-corrected chi connectivity index (χ3v) is 4.70. The average molecular weight is 345 g/mol. The molecule has 0 fully saturated rings. The molecule has 1 rings (SSSR count). The minimum Gasteiger partial charge on any atom is -0.325 e. The fourth-order valence-corrected chi connectivity index (χ4v) is 2.66. The summed E-state index contributed by atoms with van der Waals surface area (Å²) >= 11 is 5.24. The highest BCUT2D eigenvalue weighted by Gasteiger charge is 2.12. The number of amides is 1. The summed E-state index contributed by atoms with van der Waals surface area (Å²) < 4.78 is 1.05. The fraction of sp³-hybridized carbons (Fsp3) is 0.500. The highest BCUT2D eigenvalue weighted by Crippen LogP contribution is 2.19. The Bertz CT molecular complexity index is 439. The van der Waals surface area contributed by atoms with Crippen molar-refractivity contribution >= 4 is 39.3 Å². The summed E-state index contributed by atoms with van der Waals surface area (Å²) in [5.41, 5.74) is 1.96. The first-order valence-corrected chi connectivity index (χ1v) is 8.38. The molecule has 106 valence electrons. The van der Waals surface area contributed by atoms with Gasteiger partial charge in [0.15, 0.2) is 0 Å². The molecule has 0 aliphatic heterocycles. The number of carbonyl (C=O) groups excluding carboxylic acids is 1. The molecule has 1 aromatic carbocycles. The van der Waals surface area contributed by atoms with Crippen LogP contribution < -0.4 is 5.32 Å². The molecule has 1 aromatic rings. The highest BCUT2D eigenvalue weighted by molar-refractivity contribution is 9.10. The molecule has 19 heavy (non-hydrogen) atoms. The molecule has 0 heterocycles. The largest absolute Gasteiger partial charge is 0.325 e. The fourth-order valence-electron chi connectivity index (χ4n) is 1.67. The number of aryl methyl sites for hydroxylation is 1. The molecule has 5 heteroatoms. The Hall–Kier alpha value is -0.520. The summed E-state index contributed by atoms with van der Waals surface area (Å²) in [6, 6.07) is 6.21. The molecule has 0 bridgehead atoms. The van der Waals surface area contributed by atoms with Crippen molar-refractivity contribution in [3.05, 3.63) is 28.2 Å². The molecule has 0 aliphatic rings. The number of nitrogens with one attached hydrogen (secondary N) is 1. The number of rotatable bonds is 6. The molecule has 0 unspecified atom stereocenters. The van der Waals surface area contributed by atoms with Gasteiger partial charge in [-0.25, -0.2) is 0 Å². The van der Waals surface area contributed by atoms with E-state index in [1.54, 1.807) is 11.8 Å². The summed E-state index contributed by atoms with van der Waals surface area (Å²) in [7, 11) is 1.98. The molecule has 3 nitrogen and oxygen atoms in total. The summed E-state index contributed by atoms with van der Waals surface area (Å²) in [6.45, 7) is 4.55. The van der Waals surface area contributed by atoms with Crippen molar-refractivity contribution in [2.75, 3.05) is 30.9 Å². The lowest BCUT2D eigenvalue weighted by atomic mass is 10.2. The van der Waals surface area contributed by atoms with Crippen LogP contribution in [0, 0.1) is 6.92 Å². The predicted octanol–water partition coefficient (Wildman–Crippen LogP) is 3.38. The first-order valence-electron chi connectivity index (χ1n) is 6.19. The van der Waals surface area contributed by atoms with Gasteiger partial charge in [0, 0.05) is 22.0 Å². The Balaban J connectivity index is 2.53. The molecule has 0 saturated carbocycles. The third-order valence-electron chi connectivity index (χ3n) is 3.00. The summed E-state index contributed by atoms with van der Waals surface area (Å²) in [5, 5.41) is 2.93. The molecular weight excluding hydrogens is 324 g/mol. The van der Waals surface area contributed by atoms with Crippen molar-refractivity contribution in [2.24, 2.45) is 0 Å². The lowest BCUT2D eigenvalue weighted by molar-refractivity contribution is -0.117. The van der Waals surface area contributed by atoms with Gasteiger partial charge < -0.3 is 5.32 Å². The van der Waals surface area contributed by atoms with Crippen molar-refractivity contribution in [1.29, 1.82) is 0 Å². The van der Waals surface area contributed by atoms with Crippen molar-refractivity contribution in [3.63, 3.8) is 0 Å². The summed E-state index contributed by atoms with van der Waals surface area (Å²) in [5.74, 6) is 1.05. The maximum absolute atomic E-state index is 12.0. The maximum atomic E-state index is 12.0. The van der Waals surface area contributed by atoms with E-state index in [9.17, 15) is 4.79 Å². The Labute approximate surface area is 128 Å². The zero-order valence-corrected chi connectivity index (χ0v) is 14.3. The van der Waals surface area contributed by atoms with E-state index in [1.165, 1.54) is 0 Å². The van der Waals surface area contributed by atoms with Crippen LogP contribution in [0.1, 0.15) is 12.5 Å². The SMILES string of the molecule is CSC[C@@H](C)N(C)CC(=O)Nc1ccc(Br)c(C)c1. The van der Waals surface area contributed by atoms with Gasteiger partial charge in [-0.1, -0.05) is 15.9 Å². The van der Waals surface area contributed by atoms with E-state index in [2.05, 4.69) is 39.3 Å². The van der Waals surface area contributed by atoms with Crippen molar-refractivity contribution < 1.29 is 4.79 Å². The van der Waals surface area contributed by atoms with Crippen LogP contribution in [0.25, 0.3) is 0 Å². The molecule has 0 spiro atoms. The monoisotopic (exact) mass is 344 g/mol. The first kappa shape index (κ1) is 16.5. The average Bonchev–Trinajstić information content (AvgIpc) is 2.34. The van der Waals surface area contributed by atoms with Crippen LogP contribution in [0.3, 0.4) is 0 Å². The van der Waals surface area contributed by atoms with Crippen molar-refractivity contribution in [3.8, 4) is 0 Å². The van der Waals surface area contributed by atoms with Crippen LogP contribution in [-0.4, -0.2) is 42.4 Å². The number of anilines is 1. The number of halogens is 1. The molecule has 0 radical (unpaired) electrons. The van der Waals surface area contributed by atoms with E-state index in [0.717, 1.165) is 21.5 Å². The van der Waals surface area contributed by atoms with Gasteiger partial charge in [0.25, 0.3) is 0 Å². The number of hydrogen-bond acceptors (Lipinski definition) is 3. The number of hydrogen-bond donors (Lipinski definition) is 1. The number of nitrogens with zero attached hydrogens (tertiary/aromatic N) is 1. The zero-order chi connectivity index (χ0) is 14.4. The van der Waals surface area contributed by atoms with Crippen LogP contribution in [0.5, 0.6) is 0 Å². The summed E-state index contributed by atoms with van der Waals surface area (Å²) in [4.78, 5) is 14.0. The van der Waals surface area contributed by atoms with Crippen LogP contribution in [-0.2, 0) is 4.79 Å². The Morgan fingerprint density at radius 2 is 2.21 bits per heavy atom. The third kappa shape index (κ3) is 5.55. The van der Waals surface area contributed by atoms with Gasteiger partial charge in [-0.15, -0.1) is 0 Å². The molecule has 1 amide bonds. The number of benzene rings is 1. The molecule has 1 atom stereocenters. The van der Waals surface area contributed by atoms with E-state index >= 15 is 0 Å². The second-order valence-corrected chi connectivity index (χ2v) is 6.50. The normalized spacial score (nSPS) is 12.5. The lowest BCUT2D eigenvalue weighted by Gasteiger charge is -2.23. The van der Waals surface area contributed by atoms with Gasteiger partial charge in [-0.2, -0.15) is 11.8 Å². The van der Waals surface area contributed by atoms with Crippen LogP contribution in [0.15, 0.2) is 22.7 Å². The van der Waals surface area contributed by atoms with Gasteiger partial charge in [0.2, 0.25) is 5.91 Å². The second-order valence-electron chi connectivity index (χ2n) is 4.73. The number of thioether (sulfide) groups is 1. The molecule has 1 N–H and O–H groups in total. The molecule has 0 saturated heterocycles. The second kappa shape index (κ2) is 7.92. The quantitative estimate of drug-likeness (QED) is 0.858. The zero-order valence-electron chi connectivity index (χ0n) is 11.9. The number of likely N-dealkylation sites (N-methyl/N-ethyl adjacent to an activating group) is 1. The van der Waals surface area contributed by atoms with Gasteiger partial charge in [-0.3, -0.25) is 9.69 Å². The minimum absolute atomic E-state index is 0.0252. The topological polar surface area (TPSA) is 32.3 Å². The van der Waals surface area contributed by atoms with Gasteiger partial charge in [-0.05, 0) is 50.9 Å². The van der Waals surface area contributed by atoms with E-state index in [4.69, 9.17) is 0 Å². The highest BCUT2D eigenvalue weighted by atomic mass is 79.9.